The van der Waals surface area contributed by atoms with E-state index in [0.717, 1.165) is 10.4 Å². The predicted molar refractivity (Wildman–Crippen MR) is 134 cm³/mol. The number of esters is 1. The Bertz CT molecular complexity index is 1180. The third-order valence-electron chi connectivity index (χ3n) is 4.92. The van der Waals surface area contributed by atoms with E-state index in [1.54, 1.807) is 25.1 Å². The molecule has 1 amide bonds. The van der Waals surface area contributed by atoms with Gasteiger partial charge in [-0.05, 0) is 43.0 Å². The van der Waals surface area contributed by atoms with Gasteiger partial charge in [-0.25, -0.2) is 4.79 Å². The second-order valence-electron chi connectivity index (χ2n) is 7.10. The van der Waals surface area contributed by atoms with Crippen molar-refractivity contribution in [2.45, 2.75) is 19.8 Å². The fourth-order valence-electron chi connectivity index (χ4n) is 3.32. The lowest BCUT2D eigenvalue weighted by Gasteiger charge is -2.28. The van der Waals surface area contributed by atoms with Gasteiger partial charge >= 0.3 is 5.97 Å². The first-order valence-corrected chi connectivity index (χ1v) is 12.2. The third kappa shape index (κ3) is 5.69. The Balaban J connectivity index is 1.85. The van der Waals surface area contributed by atoms with Crippen LogP contribution in [0.2, 0.25) is 5.02 Å². The molecule has 170 valence electrons. The Kier molecular flexibility index (Phi) is 8.39. The molecule has 1 aliphatic rings. The van der Waals surface area contributed by atoms with Gasteiger partial charge in [0.05, 0.1) is 33.9 Å². The largest absolute Gasteiger partial charge is 0.458 e. The van der Waals surface area contributed by atoms with E-state index < -0.39 is 11.9 Å². The zero-order valence-electron chi connectivity index (χ0n) is 18.1. The van der Waals surface area contributed by atoms with Crippen LogP contribution in [-0.2, 0) is 14.3 Å². The molecule has 0 fully saturated rings. The summed E-state index contributed by atoms with van der Waals surface area (Å²) >= 11 is 8.79. The molecule has 9 heteroatoms. The molecule has 1 atom stereocenters. The number of carbonyl (C=O) groups excluding carboxylic acids is 2. The van der Waals surface area contributed by atoms with Crippen molar-refractivity contribution in [3.05, 3.63) is 85.7 Å². The zero-order valence-corrected chi connectivity index (χ0v) is 20.5. The van der Waals surface area contributed by atoms with E-state index in [9.17, 15) is 14.9 Å². The molecular weight excluding hydrogens is 478 g/mol. The van der Waals surface area contributed by atoms with Crippen molar-refractivity contribution in [1.29, 1.82) is 5.26 Å². The molecule has 1 aromatic carbocycles. The Morgan fingerprint density at radius 2 is 2.15 bits per heavy atom. The van der Waals surface area contributed by atoms with E-state index in [1.807, 2.05) is 24.4 Å². The van der Waals surface area contributed by atoms with Crippen molar-refractivity contribution in [2.24, 2.45) is 0 Å². The maximum absolute atomic E-state index is 12.8. The second kappa shape index (κ2) is 11.2. The number of thiophene rings is 1. The van der Waals surface area contributed by atoms with Crippen LogP contribution in [0.1, 0.15) is 23.3 Å². The lowest BCUT2D eigenvalue weighted by molar-refractivity contribution is -0.138. The molecule has 0 saturated carbocycles. The standard InChI is InChI=1S/C24H22ClN3O3S2/c1-4-10-31-24(30)21-15(3)27-23(16(12-26)22(21)19-9-6-11-32-19)33-13-20(29)28-18-8-5-7-17(25)14(18)2/h4-9,11,22,27H,1,10,13H2,2-3H3,(H,28,29)/t22-/m1/s1. The lowest BCUT2D eigenvalue weighted by atomic mass is 9.87. The number of halogens is 1. The summed E-state index contributed by atoms with van der Waals surface area (Å²) in [5.74, 6) is -1.25. The summed E-state index contributed by atoms with van der Waals surface area (Å²) in [7, 11) is 0. The van der Waals surface area contributed by atoms with Crippen LogP contribution in [0.3, 0.4) is 0 Å². The van der Waals surface area contributed by atoms with Crippen LogP contribution in [0.5, 0.6) is 0 Å². The molecule has 1 aliphatic heterocycles. The zero-order chi connectivity index (χ0) is 24.0. The normalized spacial score (nSPS) is 15.5. The fourth-order valence-corrected chi connectivity index (χ4v) is 5.23. The van der Waals surface area contributed by atoms with Crippen molar-refractivity contribution < 1.29 is 14.3 Å². The topological polar surface area (TPSA) is 91.2 Å². The fraction of sp³-hybridized carbons (Fsp3) is 0.208. The maximum atomic E-state index is 12.8. The van der Waals surface area contributed by atoms with Gasteiger partial charge in [-0.2, -0.15) is 5.26 Å². The highest BCUT2D eigenvalue weighted by Gasteiger charge is 2.36. The number of hydrogen-bond donors (Lipinski definition) is 2. The monoisotopic (exact) mass is 499 g/mol. The van der Waals surface area contributed by atoms with Crippen LogP contribution >= 0.6 is 34.7 Å². The molecular formula is C24H22ClN3O3S2. The Labute approximate surface area is 206 Å². The number of amides is 1. The first-order valence-electron chi connectivity index (χ1n) is 9.98. The molecule has 2 heterocycles. The van der Waals surface area contributed by atoms with Crippen LogP contribution in [0, 0.1) is 18.3 Å². The number of hydrogen-bond acceptors (Lipinski definition) is 7. The number of thioether (sulfide) groups is 1. The van der Waals surface area contributed by atoms with Gasteiger partial charge in [-0.3, -0.25) is 4.79 Å². The van der Waals surface area contributed by atoms with Crippen LogP contribution in [0.4, 0.5) is 5.69 Å². The number of carbonyl (C=O) groups is 2. The van der Waals surface area contributed by atoms with Crippen molar-refractivity contribution in [2.75, 3.05) is 17.7 Å². The van der Waals surface area contributed by atoms with E-state index in [2.05, 4.69) is 23.3 Å². The minimum Gasteiger partial charge on any atom is -0.458 e. The highest BCUT2D eigenvalue weighted by Crippen LogP contribution is 2.42. The van der Waals surface area contributed by atoms with Crippen LogP contribution in [-0.4, -0.2) is 24.2 Å². The summed E-state index contributed by atoms with van der Waals surface area (Å²) in [6.45, 7) is 7.23. The molecule has 0 bridgehead atoms. The Hall–Kier alpha value is -2.99. The van der Waals surface area contributed by atoms with Crippen molar-refractivity contribution in [3.63, 3.8) is 0 Å². The molecule has 0 radical (unpaired) electrons. The molecule has 0 aliphatic carbocycles. The maximum Gasteiger partial charge on any atom is 0.337 e. The van der Waals surface area contributed by atoms with Gasteiger partial charge in [0.1, 0.15) is 6.61 Å². The van der Waals surface area contributed by atoms with E-state index >= 15 is 0 Å². The number of nitrogens with zero attached hydrogens (tertiary/aromatic N) is 1. The summed E-state index contributed by atoms with van der Waals surface area (Å²) in [6, 6.07) is 11.3. The van der Waals surface area contributed by atoms with Crippen LogP contribution in [0.15, 0.2) is 70.2 Å². The quantitative estimate of drug-likeness (QED) is 0.367. The third-order valence-corrected chi connectivity index (χ3v) is 7.28. The van der Waals surface area contributed by atoms with Gasteiger partial charge < -0.3 is 15.4 Å². The number of anilines is 1. The average Bonchev–Trinajstić information content (AvgIpc) is 3.33. The number of nitriles is 1. The van der Waals surface area contributed by atoms with Gasteiger partial charge in [0.2, 0.25) is 5.91 Å². The van der Waals surface area contributed by atoms with Gasteiger partial charge in [-0.15, -0.1) is 11.3 Å². The first-order chi connectivity index (χ1) is 15.9. The predicted octanol–water partition coefficient (Wildman–Crippen LogP) is 5.51. The number of benzene rings is 1. The molecule has 1 aromatic heterocycles. The van der Waals surface area contributed by atoms with E-state index in [4.69, 9.17) is 16.3 Å². The molecule has 0 spiro atoms. The molecule has 2 N–H and O–H groups in total. The first kappa shape index (κ1) is 24.6. The number of rotatable bonds is 8. The number of ether oxygens (including phenoxy) is 1. The van der Waals surface area contributed by atoms with Gasteiger partial charge in [0.25, 0.3) is 0 Å². The highest BCUT2D eigenvalue weighted by atomic mass is 35.5. The summed E-state index contributed by atoms with van der Waals surface area (Å²) < 4.78 is 5.28. The summed E-state index contributed by atoms with van der Waals surface area (Å²) in [6.07, 6.45) is 1.49. The van der Waals surface area contributed by atoms with Gasteiger partial charge in [0, 0.05) is 21.3 Å². The Morgan fingerprint density at radius 3 is 2.82 bits per heavy atom. The summed E-state index contributed by atoms with van der Waals surface area (Å²) in [5, 5.41) is 19.0. The average molecular weight is 500 g/mol. The molecule has 6 nitrogen and oxygen atoms in total. The summed E-state index contributed by atoms with van der Waals surface area (Å²) in [5.41, 5.74) is 2.74. The minimum absolute atomic E-state index is 0.0696. The highest BCUT2D eigenvalue weighted by molar-refractivity contribution is 8.03. The molecule has 2 aromatic rings. The molecule has 0 saturated heterocycles. The SMILES string of the molecule is C=CCOC(=O)C1=C(C)NC(SCC(=O)Nc2cccc(Cl)c2C)=C(C#N)[C@@H]1c1cccs1. The van der Waals surface area contributed by atoms with Crippen molar-refractivity contribution in [3.8, 4) is 6.07 Å². The summed E-state index contributed by atoms with van der Waals surface area (Å²) in [4.78, 5) is 26.2. The Morgan fingerprint density at radius 1 is 1.36 bits per heavy atom. The smallest absolute Gasteiger partial charge is 0.337 e. The number of dihydropyridines is 1. The van der Waals surface area contributed by atoms with E-state index in [0.29, 0.717) is 32.6 Å². The molecule has 0 unspecified atom stereocenters. The minimum atomic E-state index is -0.575. The molecule has 33 heavy (non-hydrogen) atoms. The van der Waals surface area contributed by atoms with Gasteiger partial charge in [0.15, 0.2) is 0 Å². The van der Waals surface area contributed by atoms with Crippen LogP contribution in [0.25, 0.3) is 0 Å². The van der Waals surface area contributed by atoms with Crippen molar-refractivity contribution >= 4 is 52.3 Å². The van der Waals surface area contributed by atoms with Gasteiger partial charge in [-0.1, -0.05) is 48.2 Å². The van der Waals surface area contributed by atoms with E-state index in [-0.39, 0.29) is 18.3 Å². The van der Waals surface area contributed by atoms with Crippen molar-refractivity contribution in [1.82, 2.24) is 5.32 Å². The molecule has 3 rings (SSSR count). The number of nitrogens with one attached hydrogen (secondary N) is 2. The lowest BCUT2D eigenvalue weighted by Crippen LogP contribution is -2.29. The van der Waals surface area contributed by atoms with Crippen LogP contribution < -0.4 is 10.6 Å². The number of allylic oxidation sites excluding steroid dienone is 2. The second-order valence-corrected chi connectivity index (χ2v) is 9.48. The van der Waals surface area contributed by atoms with E-state index in [1.165, 1.54) is 29.2 Å².